The summed E-state index contributed by atoms with van der Waals surface area (Å²) in [5, 5.41) is 11.1. The molecule has 2 heterocycles. The van der Waals surface area contributed by atoms with Gasteiger partial charge in [0.2, 0.25) is 0 Å². The number of nitrogens with one attached hydrogen (secondary N) is 1. The van der Waals surface area contributed by atoms with Gasteiger partial charge in [-0.15, -0.1) is 10.2 Å². The fourth-order valence-corrected chi connectivity index (χ4v) is 1.49. The summed E-state index contributed by atoms with van der Waals surface area (Å²) in [5.74, 6) is 2.05. The van der Waals surface area contributed by atoms with Gasteiger partial charge < -0.3 is 9.88 Å². The first-order valence-corrected chi connectivity index (χ1v) is 4.96. The smallest absolute Gasteiger partial charge is 0.151 e. The van der Waals surface area contributed by atoms with E-state index >= 15 is 0 Å². The molecule has 0 spiro atoms. The van der Waals surface area contributed by atoms with Crippen LogP contribution in [0.5, 0.6) is 0 Å². The van der Waals surface area contributed by atoms with E-state index in [1.54, 1.807) is 6.33 Å². The summed E-state index contributed by atoms with van der Waals surface area (Å²) in [5.41, 5.74) is 0. The number of aromatic nitrogens is 3. The summed E-state index contributed by atoms with van der Waals surface area (Å²) in [6.07, 6.45) is 5.23. The first kappa shape index (κ1) is 9.18. The van der Waals surface area contributed by atoms with Crippen molar-refractivity contribution in [3.63, 3.8) is 0 Å². The van der Waals surface area contributed by atoms with Crippen molar-refractivity contribution in [1.82, 2.24) is 20.1 Å². The van der Waals surface area contributed by atoms with E-state index in [4.69, 9.17) is 0 Å². The van der Waals surface area contributed by atoms with Crippen molar-refractivity contribution in [3.8, 4) is 0 Å². The zero-order valence-corrected chi connectivity index (χ0v) is 8.40. The van der Waals surface area contributed by atoms with Crippen LogP contribution in [0, 0.1) is 0 Å². The van der Waals surface area contributed by atoms with Gasteiger partial charge in [-0.1, -0.05) is 0 Å². The topological polar surface area (TPSA) is 55.1 Å². The Bertz CT molecular complexity index is 328. The fourth-order valence-electron chi connectivity index (χ4n) is 1.49. The summed E-state index contributed by atoms with van der Waals surface area (Å²) in [4.78, 5) is 4.41. The summed E-state index contributed by atoms with van der Waals surface area (Å²) in [6.45, 7) is 1.68. The summed E-state index contributed by atoms with van der Waals surface area (Å²) in [6, 6.07) is 0. The van der Waals surface area contributed by atoms with Crippen molar-refractivity contribution in [2.24, 2.45) is 12.0 Å². The Morgan fingerprint density at radius 2 is 2.43 bits per heavy atom. The third-order valence-corrected chi connectivity index (χ3v) is 2.38. The van der Waals surface area contributed by atoms with Gasteiger partial charge in [0.25, 0.3) is 0 Å². The van der Waals surface area contributed by atoms with Crippen LogP contribution in [0.4, 0.5) is 0 Å². The van der Waals surface area contributed by atoms with Gasteiger partial charge in [0.1, 0.15) is 6.33 Å². The van der Waals surface area contributed by atoms with Gasteiger partial charge in [0, 0.05) is 20.0 Å². The molecule has 5 heteroatoms. The van der Waals surface area contributed by atoms with Gasteiger partial charge in [0.05, 0.1) is 12.4 Å². The summed E-state index contributed by atoms with van der Waals surface area (Å²) < 4.78 is 1.91. The Labute approximate surface area is 83.3 Å². The van der Waals surface area contributed by atoms with Crippen molar-refractivity contribution in [1.29, 1.82) is 0 Å². The van der Waals surface area contributed by atoms with Crippen molar-refractivity contribution < 1.29 is 0 Å². The first-order chi connectivity index (χ1) is 6.86. The van der Waals surface area contributed by atoms with Crippen LogP contribution >= 0.6 is 0 Å². The highest BCUT2D eigenvalue weighted by molar-refractivity contribution is 5.82. The molecule has 5 nitrogen and oxygen atoms in total. The molecule has 1 aliphatic rings. The van der Waals surface area contributed by atoms with Gasteiger partial charge in [-0.25, -0.2) is 0 Å². The second-order valence-corrected chi connectivity index (χ2v) is 3.50. The maximum absolute atomic E-state index is 4.41. The highest BCUT2D eigenvalue weighted by atomic mass is 15.3. The van der Waals surface area contributed by atoms with Crippen LogP contribution < -0.4 is 5.32 Å². The average molecular weight is 193 g/mol. The highest BCUT2D eigenvalue weighted by Gasteiger charge is 2.06. The summed E-state index contributed by atoms with van der Waals surface area (Å²) >= 11 is 0. The van der Waals surface area contributed by atoms with Crippen LogP contribution in [0.2, 0.25) is 0 Å². The predicted molar refractivity (Wildman–Crippen MR) is 54.0 cm³/mol. The number of aliphatic imine (C=N–C) groups is 1. The number of nitrogens with zero attached hydrogens (tertiary/aromatic N) is 4. The molecular weight excluding hydrogens is 178 g/mol. The number of aryl methyl sites for hydroxylation is 1. The number of amidine groups is 1. The molecule has 0 aliphatic carbocycles. The minimum atomic E-state index is 0.718. The molecular formula is C9H15N5. The molecule has 1 N–H and O–H groups in total. The predicted octanol–water partition coefficient (Wildman–Crippen LogP) is 0.487. The number of hydrogen-bond donors (Lipinski definition) is 1. The molecule has 0 atom stereocenters. The Hall–Kier alpha value is -1.39. The molecule has 0 bridgehead atoms. The molecule has 0 saturated carbocycles. The molecule has 0 fully saturated rings. The lowest BCUT2D eigenvalue weighted by Crippen LogP contribution is -2.26. The van der Waals surface area contributed by atoms with Gasteiger partial charge in [-0.2, -0.15) is 0 Å². The van der Waals surface area contributed by atoms with E-state index in [0.717, 1.165) is 31.2 Å². The normalized spacial score (nSPS) is 16.5. The Morgan fingerprint density at radius 3 is 3.07 bits per heavy atom. The van der Waals surface area contributed by atoms with E-state index in [9.17, 15) is 0 Å². The molecule has 0 saturated heterocycles. The van der Waals surface area contributed by atoms with E-state index in [0.29, 0.717) is 0 Å². The van der Waals surface area contributed by atoms with E-state index in [1.165, 1.54) is 12.8 Å². The quantitative estimate of drug-likeness (QED) is 0.743. The Morgan fingerprint density at radius 1 is 1.50 bits per heavy atom. The molecule has 0 aromatic carbocycles. The molecule has 14 heavy (non-hydrogen) atoms. The average Bonchev–Trinajstić information content (AvgIpc) is 2.63. The molecule has 0 unspecified atom stereocenters. The molecule has 1 aromatic rings. The van der Waals surface area contributed by atoms with Crippen LogP contribution in [-0.2, 0) is 13.6 Å². The van der Waals surface area contributed by atoms with Crippen LogP contribution in [0.25, 0.3) is 0 Å². The Kier molecular flexibility index (Phi) is 2.76. The van der Waals surface area contributed by atoms with E-state index < -0.39 is 0 Å². The van der Waals surface area contributed by atoms with Crippen LogP contribution in [0.1, 0.15) is 25.1 Å². The van der Waals surface area contributed by atoms with E-state index in [-0.39, 0.29) is 0 Å². The maximum Gasteiger partial charge on any atom is 0.151 e. The summed E-state index contributed by atoms with van der Waals surface area (Å²) in [7, 11) is 1.94. The van der Waals surface area contributed by atoms with Crippen molar-refractivity contribution in [2.45, 2.75) is 25.8 Å². The molecule has 76 valence electrons. The highest BCUT2D eigenvalue weighted by Crippen LogP contribution is 2.04. The lowest BCUT2D eigenvalue weighted by molar-refractivity contribution is 0.685. The zero-order chi connectivity index (χ0) is 9.80. The number of rotatable bonds is 2. The minimum Gasteiger partial charge on any atom is -0.367 e. The Balaban J connectivity index is 1.88. The van der Waals surface area contributed by atoms with Gasteiger partial charge in [0.15, 0.2) is 5.82 Å². The standard InChI is InChI=1S/C9H15N5/c1-14-7-12-13-9(14)6-11-8-4-2-3-5-10-8/h7H,2-6H2,1H3,(H,10,11). The largest absolute Gasteiger partial charge is 0.367 e. The maximum atomic E-state index is 4.41. The fraction of sp³-hybridized carbons (Fsp3) is 0.667. The second-order valence-electron chi connectivity index (χ2n) is 3.50. The van der Waals surface area contributed by atoms with Crippen molar-refractivity contribution in [2.75, 3.05) is 6.54 Å². The lowest BCUT2D eigenvalue weighted by atomic mass is 10.2. The zero-order valence-electron chi connectivity index (χ0n) is 8.40. The van der Waals surface area contributed by atoms with Gasteiger partial charge in [-0.05, 0) is 12.8 Å². The van der Waals surface area contributed by atoms with E-state index in [2.05, 4.69) is 20.5 Å². The minimum absolute atomic E-state index is 0.718. The third-order valence-electron chi connectivity index (χ3n) is 2.38. The van der Waals surface area contributed by atoms with Gasteiger partial charge in [-0.3, -0.25) is 4.99 Å². The molecule has 2 rings (SSSR count). The molecule has 1 aromatic heterocycles. The monoisotopic (exact) mass is 193 g/mol. The number of hydrogen-bond acceptors (Lipinski definition) is 4. The second kappa shape index (κ2) is 4.21. The van der Waals surface area contributed by atoms with Crippen molar-refractivity contribution >= 4 is 5.84 Å². The molecule has 0 amide bonds. The van der Waals surface area contributed by atoms with E-state index in [1.807, 2.05) is 11.6 Å². The molecule has 1 aliphatic heterocycles. The SMILES string of the molecule is Cn1cnnc1CNC1=NCCCC1. The van der Waals surface area contributed by atoms with Gasteiger partial charge >= 0.3 is 0 Å². The van der Waals surface area contributed by atoms with Crippen LogP contribution in [-0.4, -0.2) is 27.1 Å². The van der Waals surface area contributed by atoms with Crippen molar-refractivity contribution in [3.05, 3.63) is 12.2 Å². The third kappa shape index (κ3) is 2.10. The van der Waals surface area contributed by atoms with Crippen LogP contribution in [0.15, 0.2) is 11.3 Å². The molecule has 0 radical (unpaired) electrons. The van der Waals surface area contributed by atoms with Crippen LogP contribution in [0.3, 0.4) is 0 Å². The lowest BCUT2D eigenvalue weighted by Gasteiger charge is -2.13. The first-order valence-electron chi connectivity index (χ1n) is 4.96.